The molecule has 0 bridgehead atoms. The van der Waals surface area contributed by atoms with E-state index in [1.54, 1.807) is 55.6 Å². The number of aromatic amines is 1. The Morgan fingerprint density at radius 1 is 1.03 bits per heavy atom. The van der Waals surface area contributed by atoms with Gasteiger partial charge in [0.05, 0.1) is 10.4 Å². The fraction of sp³-hybridized carbons (Fsp3) is 0.0476. The first-order chi connectivity index (χ1) is 14.7. The van der Waals surface area contributed by atoms with E-state index in [-0.39, 0.29) is 16.4 Å². The van der Waals surface area contributed by atoms with Crippen molar-refractivity contribution in [3.8, 4) is 0 Å². The van der Waals surface area contributed by atoms with Crippen LogP contribution in [-0.4, -0.2) is 26.4 Å². The van der Waals surface area contributed by atoms with Gasteiger partial charge in [-0.05, 0) is 60.7 Å². The fourth-order valence-electron chi connectivity index (χ4n) is 2.96. The number of carbonyl (C=O) groups is 1. The lowest BCUT2D eigenvalue weighted by molar-refractivity contribution is 0.0993. The molecule has 1 heterocycles. The molecule has 0 saturated heterocycles. The number of oxazole rings is 1. The van der Waals surface area contributed by atoms with E-state index >= 15 is 0 Å². The van der Waals surface area contributed by atoms with Crippen LogP contribution in [0.1, 0.15) is 10.4 Å². The maximum atomic E-state index is 12.7. The average molecular weight is 458 g/mol. The molecule has 10 heteroatoms. The average Bonchev–Trinajstić information content (AvgIpc) is 3.13. The van der Waals surface area contributed by atoms with Crippen molar-refractivity contribution in [1.29, 1.82) is 0 Å². The zero-order valence-electron chi connectivity index (χ0n) is 16.1. The van der Waals surface area contributed by atoms with Gasteiger partial charge in [-0.1, -0.05) is 11.6 Å². The molecule has 3 aromatic carbocycles. The summed E-state index contributed by atoms with van der Waals surface area (Å²) in [5.74, 6) is -0.892. The molecule has 1 amide bonds. The number of nitrogens with one attached hydrogen (secondary N) is 2. The van der Waals surface area contributed by atoms with E-state index in [4.69, 9.17) is 16.0 Å². The van der Waals surface area contributed by atoms with E-state index in [0.717, 1.165) is 0 Å². The van der Waals surface area contributed by atoms with Crippen LogP contribution in [0, 0.1) is 0 Å². The summed E-state index contributed by atoms with van der Waals surface area (Å²) in [6.07, 6.45) is 0. The highest BCUT2D eigenvalue weighted by atomic mass is 35.5. The third-order valence-electron chi connectivity index (χ3n) is 4.61. The first kappa shape index (κ1) is 20.7. The van der Waals surface area contributed by atoms with Gasteiger partial charge >= 0.3 is 5.76 Å². The van der Waals surface area contributed by atoms with Crippen LogP contribution in [0.25, 0.3) is 11.1 Å². The minimum absolute atomic E-state index is 0.0538. The molecule has 1 aromatic heterocycles. The summed E-state index contributed by atoms with van der Waals surface area (Å²) in [5.41, 5.74) is 1.92. The topological polar surface area (TPSA) is 112 Å². The second-order valence-corrected chi connectivity index (χ2v) is 8.81. The summed E-state index contributed by atoms with van der Waals surface area (Å²) in [6, 6.07) is 17.0. The van der Waals surface area contributed by atoms with Crippen molar-refractivity contribution in [2.24, 2.45) is 0 Å². The van der Waals surface area contributed by atoms with Crippen molar-refractivity contribution < 1.29 is 17.6 Å². The SMILES string of the molecule is CN(C(=O)c1ccc(Cl)cc1)c1ccc(NS(=O)(=O)c2ccc3[nH]c(=O)oc3c2)cc1. The molecule has 31 heavy (non-hydrogen) atoms. The molecule has 0 aliphatic heterocycles. The molecule has 0 unspecified atom stereocenters. The predicted octanol–water partition coefficient (Wildman–Crippen LogP) is 3.85. The van der Waals surface area contributed by atoms with E-state index in [9.17, 15) is 18.0 Å². The summed E-state index contributed by atoms with van der Waals surface area (Å²) >= 11 is 5.86. The monoisotopic (exact) mass is 457 g/mol. The standard InChI is InChI=1S/C21H16ClN3O5S/c1-25(20(26)13-2-4-14(22)5-3-13)16-8-6-15(7-9-16)24-31(28,29)17-10-11-18-19(12-17)30-21(27)23-18/h2-12,24H,1H3,(H,23,27). The Morgan fingerprint density at radius 2 is 1.71 bits per heavy atom. The van der Waals surface area contributed by atoms with Gasteiger partial charge in [-0.2, -0.15) is 0 Å². The Hall–Kier alpha value is -3.56. The van der Waals surface area contributed by atoms with Gasteiger partial charge in [-0.3, -0.25) is 14.5 Å². The van der Waals surface area contributed by atoms with Gasteiger partial charge in [-0.25, -0.2) is 13.2 Å². The normalized spacial score (nSPS) is 11.4. The van der Waals surface area contributed by atoms with Gasteiger partial charge in [0.2, 0.25) is 0 Å². The van der Waals surface area contributed by atoms with E-state index in [2.05, 4.69) is 9.71 Å². The van der Waals surface area contributed by atoms with E-state index in [0.29, 0.717) is 27.5 Å². The zero-order chi connectivity index (χ0) is 22.2. The number of hydrogen-bond acceptors (Lipinski definition) is 5. The summed E-state index contributed by atoms with van der Waals surface area (Å²) in [6.45, 7) is 0. The van der Waals surface area contributed by atoms with Crippen molar-refractivity contribution in [2.75, 3.05) is 16.7 Å². The van der Waals surface area contributed by atoms with Crippen LogP contribution in [0.15, 0.2) is 80.8 Å². The van der Waals surface area contributed by atoms with Crippen molar-refractivity contribution in [3.05, 3.63) is 87.9 Å². The van der Waals surface area contributed by atoms with Gasteiger partial charge < -0.3 is 9.32 Å². The van der Waals surface area contributed by atoms with Gasteiger partial charge in [0.1, 0.15) is 0 Å². The number of fused-ring (bicyclic) bond motifs is 1. The molecule has 8 nitrogen and oxygen atoms in total. The summed E-state index contributed by atoms with van der Waals surface area (Å²) < 4.78 is 32.7. The number of benzene rings is 3. The second kappa shape index (κ2) is 7.93. The number of halogens is 1. The number of amides is 1. The van der Waals surface area contributed by atoms with Crippen LogP contribution in [0.4, 0.5) is 11.4 Å². The quantitative estimate of drug-likeness (QED) is 0.472. The second-order valence-electron chi connectivity index (χ2n) is 6.70. The van der Waals surface area contributed by atoms with Gasteiger partial charge in [0.25, 0.3) is 15.9 Å². The first-order valence-electron chi connectivity index (χ1n) is 9.02. The highest BCUT2D eigenvalue weighted by Gasteiger charge is 2.17. The van der Waals surface area contributed by atoms with Gasteiger partial charge in [-0.15, -0.1) is 0 Å². The number of aromatic nitrogens is 1. The summed E-state index contributed by atoms with van der Waals surface area (Å²) in [5, 5.41) is 0.536. The number of carbonyl (C=O) groups excluding carboxylic acids is 1. The minimum Gasteiger partial charge on any atom is -0.408 e. The molecule has 0 aliphatic carbocycles. The van der Waals surface area contributed by atoms with E-state index < -0.39 is 15.8 Å². The molecule has 158 valence electrons. The van der Waals surface area contributed by atoms with Crippen LogP contribution in [0.3, 0.4) is 0 Å². The smallest absolute Gasteiger partial charge is 0.408 e. The molecular formula is C21H16ClN3O5S. The van der Waals surface area contributed by atoms with Crippen molar-refractivity contribution in [3.63, 3.8) is 0 Å². The van der Waals surface area contributed by atoms with Crippen molar-refractivity contribution in [1.82, 2.24) is 4.98 Å². The zero-order valence-corrected chi connectivity index (χ0v) is 17.7. The Bertz CT molecular complexity index is 1420. The molecule has 0 fully saturated rings. The predicted molar refractivity (Wildman–Crippen MR) is 118 cm³/mol. The largest absolute Gasteiger partial charge is 0.417 e. The van der Waals surface area contributed by atoms with Crippen LogP contribution in [0.2, 0.25) is 5.02 Å². The molecule has 2 N–H and O–H groups in total. The molecule has 4 rings (SSSR count). The minimum atomic E-state index is -3.91. The summed E-state index contributed by atoms with van der Waals surface area (Å²) in [7, 11) is -2.29. The lowest BCUT2D eigenvalue weighted by Gasteiger charge is -2.18. The lowest BCUT2D eigenvalue weighted by atomic mass is 10.2. The van der Waals surface area contributed by atoms with Crippen LogP contribution in [-0.2, 0) is 10.0 Å². The lowest BCUT2D eigenvalue weighted by Crippen LogP contribution is -2.26. The number of hydrogen-bond donors (Lipinski definition) is 2. The maximum absolute atomic E-state index is 12.7. The van der Waals surface area contributed by atoms with Crippen LogP contribution >= 0.6 is 11.6 Å². The fourth-order valence-corrected chi connectivity index (χ4v) is 4.16. The Morgan fingerprint density at radius 3 is 2.39 bits per heavy atom. The summed E-state index contributed by atoms with van der Waals surface area (Å²) in [4.78, 5) is 27.7. The van der Waals surface area contributed by atoms with Gasteiger partial charge in [0.15, 0.2) is 5.58 Å². The molecule has 4 aromatic rings. The first-order valence-corrected chi connectivity index (χ1v) is 10.9. The number of H-pyrrole nitrogens is 1. The van der Waals surface area contributed by atoms with Crippen molar-refractivity contribution in [2.45, 2.75) is 4.90 Å². The maximum Gasteiger partial charge on any atom is 0.417 e. The Balaban J connectivity index is 1.52. The number of nitrogens with zero attached hydrogens (tertiary/aromatic N) is 1. The molecule has 0 radical (unpaired) electrons. The molecular weight excluding hydrogens is 442 g/mol. The van der Waals surface area contributed by atoms with E-state index in [1.165, 1.54) is 23.1 Å². The Labute approximate surface area is 182 Å². The molecule has 0 saturated carbocycles. The number of anilines is 2. The van der Waals surface area contributed by atoms with E-state index in [1.807, 2.05) is 0 Å². The Kier molecular flexibility index (Phi) is 5.30. The number of sulfonamides is 1. The molecule has 0 aliphatic rings. The van der Waals surface area contributed by atoms with Gasteiger partial charge in [0, 0.05) is 35.1 Å². The third kappa shape index (κ3) is 4.32. The molecule has 0 atom stereocenters. The third-order valence-corrected chi connectivity index (χ3v) is 6.24. The highest BCUT2D eigenvalue weighted by molar-refractivity contribution is 7.92. The molecule has 0 spiro atoms. The number of rotatable bonds is 5. The van der Waals surface area contributed by atoms with Crippen LogP contribution in [0.5, 0.6) is 0 Å². The highest BCUT2D eigenvalue weighted by Crippen LogP contribution is 2.23. The van der Waals surface area contributed by atoms with Crippen LogP contribution < -0.4 is 15.4 Å². The van der Waals surface area contributed by atoms with Crippen molar-refractivity contribution >= 4 is 50.0 Å².